The van der Waals surface area contributed by atoms with Crippen LogP contribution in [0.15, 0.2) is 30.3 Å². The van der Waals surface area contributed by atoms with Crippen molar-refractivity contribution in [2.75, 3.05) is 33.8 Å². The van der Waals surface area contributed by atoms with Crippen molar-refractivity contribution in [3.8, 4) is 0 Å². The predicted octanol–water partition coefficient (Wildman–Crippen LogP) is 5.53. The number of carbonyl (C=O) groups is 2. The van der Waals surface area contributed by atoms with Crippen molar-refractivity contribution in [3.05, 3.63) is 35.9 Å². The molecule has 0 saturated heterocycles. The highest BCUT2D eigenvalue weighted by atomic mass is 16.4. The predicted molar refractivity (Wildman–Crippen MR) is 158 cm³/mol. The molecule has 0 spiro atoms. The molecule has 38 heavy (non-hydrogen) atoms. The van der Waals surface area contributed by atoms with Crippen LogP contribution in [0.25, 0.3) is 0 Å². The number of unbranched alkanes of at least 4 members (excludes halogenated alkanes) is 13. The molecule has 0 atom stereocenters. The molecule has 0 unspecified atom stereocenters. The van der Waals surface area contributed by atoms with Crippen LogP contribution in [-0.2, 0) is 16.1 Å². The Bertz CT molecular complexity index is 602. The molecular weight excluding hydrogens is 480 g/mol. The van der Waals surface area contributed by atoms with Gasteiger partial charge >= 0.3 is 0 Å². The third-order valence-electron chi connectivity index (χ3n) is 5.70. The third kappa shape index (κ3) is 44.1. The maximum absolute atomic E-state index is 9.00. The first-order valence-corrected chi connectivity index (χ1v) is 14.6. The van der Waals surface area contributed by atoms with Crippen molar-refractivity contribution in [1.29, 1.82) is 0 Å². The minimum absolute atomic E-state index is 0.0972. The summed E-state index contributed by atoms with van der Waals surface area (Å²) in [5.41, 5.74) is 6.24. The second-order valence-corrected chi connectivity index (χ2v) is 10.4. The van der Waals surface area contributed by atoms with Gasteiger partial charge in [0.15, 0.2) is 0 Å². The van der Waals surface area contributed by atoms with E-state index in [1.807, 2.05) is 0 Å². The Kier molecular flexibility index (Phi) is 33.3. The summed E-state index contributed by atoms with van der Waals surface area (Å²) in [4.78, 5) is 17.9. The number of carbonyl (C=O) groups excluding carboxylic acids is 1. The van der Waals surface area contributed by atoms with Crippen LogP contribution in [0.4, 0.5) is 0 Å². The maximum atomic E-state index is 9.00. The van der Waals surface area contributed by atoms with Gasteiger partial charge in [-0.15, -0.1) is 0 Å². The molecule has 0 fully saturated rings. The van der Waals surface area contributed by atoms with Gasteiger partial charge in [-0.2, -0.15) is 0 Å². The molecule has 224 valence electrons. The average Bonchev–Trinajstić information content (AvgIpc) is 2.84. The van der Waals surface area contributed by atoms with Crippen molar-refractivity contribution in [2.45, 2.75) is 117 Å². The summed E-state index contributed by atoms with van der Waals surface area (Å²) in [6.07, 6.45) is 20.2. The number of quaternary nitrogens is 1. The lowest BCUT2D eigenvalue weighted by atomic mass is 10.0. The van der Waals surface area contributed by atoms with Gasteiger partial charge in [0.25, 0.3) is 5.97 Å². The van der Waals surface area contributed by atoms with Crippen molar-refractivity contribution in [2.24, 2.45) is 5.73 Å². The van der Waals surface area contributed by atoms with Crippen LogP contribution >= 0.6 is 0 Å². The number of hydrogen-bond acceptors (Lipinski definition) is 5. The van der Waals surface area contributed by atoms with E-state index < -0.39 is 11.9 Å². The zero-order valence-electron chi connectivity index (χ0n) is 25.3. The fourth-order valence-corrected chi connectivity index (χ4v) is 3.89. The van der Waals surface area contributed by atoms with Crippen LogP contribution in [0.2, 0.25) is 0 Å². The fraction of sp³-hybridized carbons (Fsp3) is 0.742. The van der Waals surface area contributed by atoms with E-state index in [0.29, 0.717) is 6.54 Å². The Morgan fingerprint density at radius 1 is 0.789 bits per heavy atom. The van der Waals surface area contributed by atoms with Crippen LogP contribution in [-0.4, -0.2) is 60.4 Å². The lowest BCUT2D eigenvalue weighted by Crippen LogP contribution is -2.39. The lowest BCUT2D eigenvalue weighted by Gasteiger charge is -2.30. The summed E-state index contributed by atoms with van der Waals surface area (Å²) < 4.78 is 1.11. The van der Waals surface area contributed by atoms with E-state index in [4.69, 9.17) is 30.6 Å². The Balaban J connectivity index is -0.000000851. The molecule has 0 aliphatic carbocycles. The highest BCUT2D eigenvalue weighted by Crippen LogP contribution is 2.15. The molecule has 1 aromatic carbocycles. The second kappa shape index (κ2) is 31.3. The summed E-state index contributed by atoms with van der Waals surface area (Å²) in [6.45, 7) is 7.27. The minimum atomic E-state index is -1.08. The van der Waals surface area contributed by atoms with Crippen LogP contribution < -0.4 is 10.8 Å². The van der Waals surface area contributed by atoms with Gasteiger partial charge in [-0.1, -0.05) is 114 Å². The monoisotopic (exact) mass is 540 g/mol. The van der Waals surface area contributed by atoms with Gasteiger partial charge in [-0.05, 0) is 19.8 Å². The second-order valence-electron chi connectivity index (χ2n) is 10.4. The highest BCUT2D eigenvalue weighted by Gasteiger charge is 2.14. The molecular formula is C31H60N2O5. The molecule has 0 amide bonds. The van der Waals surface area contributed by atoms with Crippen molar-refractivity contribution in [1.82, 2.24) is 0 Å². The molecule has 4 N–H and O–H groups in total. The fourth-order valence-electron chi connectivity index (χ4n) is 3.89. The van der Waals surface area contributed by atoms with E-state index in [1.165, 1.54) is 102 Å². The number of nitrogens with two attached hydrogens (primary N) is 1. The first-order valence-electron chi connectivity index (χ1n) is 14.6. The first-order chi connectivity index (χ1) is 18.0. The first kappa shape index (κ1) is 40.5. The van der Waals surface area contributed by atoms with Gasteiger partial charge in [0.05, 0.1) is 27.2 Å². The molecule has 0 aliphatic heterocycles. The lowest BCUT2D eigenvalue weighted by molar-refractivity contribution is -0.903. The van der Waals surface area contributed by atoms with E-state index in [9.17, 15) is 0 Å². The summed E-state index contributed by atoms with van der Waals surface area (Å²) in [5, 5.41) is 24.1. The number of aliphatic hydroxyl groups is 1. The standard InChI is InChI=1S/C25H46N.C2H7NO.2C2H4O2/c1-4-5-6-7-8-9-10-11-12-13-14-15-16-20-23-26(2,3)24-25-21-18-17-19-22-25;3-1-2-4;2*1-2(3)4/h17-19,21-22H,4-16,20,23-24H2,1-3H3;4H,1-3H2;2*1H3,(H,3,4)/q+1;;;/p-1. The zero-order chi connectivity index (χ0) is 29.5. The summed E-state index contributed by atoms with van der Waals surface area (Å²) in [5.74, 6) is -1.92. The Hall–Kier alpha value is -1.96. The van der Waals surface area contributed by atoms with Crippen molar-refractivity contribution in [3.63, 3.8) is 0 Å². The highest BCUT2D eigenvalue weighted by molar-refractivity contribution is 5.63. The van der Waals surface area contributed by atoms with Gasteiger partial charge in [-0.25, -0.2) is 0 Å². The minimum Gasteiger partial charge on any atom is -0.550 e. The van der Waals surface area contributed by atoms with Gasteiger partial charge in [-0.3, -0.25) is 4.79 Å². The zero-order valence-corrected chi connectivity index (χ0v) is 25.3. The maximum Gasteiger partial charge on any atom is 0.300 e. The molecule has 0 saturated carbocycles. The number of carboxylic acid groups (broad SMARTS) is 2. The Labute approximate surface area is 234 Å². The van der Waals surface area contributed by atoms with Crippen molar-refractivity contribution < 1.29 is 29.4 Å². The molecule has 1 rings (SSSR count). The molecule has 0 aromatic heterocycles. The molecule has 1 aromatic rings. The molecule has 7 heteroatoms. The van der Waals surface area contributed by atoms with E-state index in [-0.39, 0.29) is 6.61 Å². The molecule has 7 nitrogen and oxygen atoms in total. The van der Waals surface area contributed by atoms with Gasteiger partial charge in [0.1, 0.15) is 6.54 Å². The topological polar surface area (TPSA) is 124 Å². The summed E-state index contributed by atoms with van der Waals surface area (Å²) in [6, 6.07) is 10.9. The number of aliphatic carboxylic acids is 2. The number of rotatable bonds is 18. The number of nitrogens with zero attached hydrogens (tertiary/aromatic N) is 1. The van der Waals surface area contributed by atoms with Crippen LogP contribution in [0.3, 0.4) is 0 Å². The van der Waals surface area contributed by atoms with E-state index in [0.717, 1.165) is 24.9 Å². The quantitative estimate of drug-likeness (QED) is 0.166. The molecule has 0 radical (unpaired) electrons. The van der Waals surface area contributed by atoms with E-state index >= 15 is 0 Å². The van der Waals surface area contributed by atoms with Crippen molar-refractivity contribution >= 4 is 11.9 Å². The Morgan fingerprint density at radius 2 is 1.11 bits per heavy atom. The number of benzene rings is 1. The summed E-state index contributed by atoms with van der Waals surface area (Å²) in [7, 11) is 4.74. The van der Waals surface area contributed by atoms with Crippen LogP contribution in [0.1, 0.15) is 116 Å². The van der Waals surface area contributed by atoms with Gasteiger partial charge < -0.3 is 30.3 Å². The molecule has 0 aliphatic rings. The van der Waals surface area contributed by atoms with E-state index in [1.54, 1.807) is 0 Å². The van der Waals surface area contributed by atoms with Gasteiger partial charge in [0, 0.05) is 25.0 Å². The Morgan fingerprint density at radius 3 is 1.42 bits per heavy atom. The summed E-state index contributed by atoms with van der Waals surface area (Å²) >= 11 is 0. The molecule has 0 bridgehead atoms. The molecule has 0 heterocycles. The van der Waals surface area contributed by atoms with Gasteiger partial charge in [0.2, 0.25) is 0 Å². The number of aliphatic hydroxyl groups excluding tert-OH is 1. The SMILES string of the molecule is CC(=O)O.CC(=O)[O-].CCCCCCCCCCCCCCCC[N+](C)(C)Cc1ccccc1.NCCO. The normalized spacial score (nSPS) is 10.2. The third-order valence-corrected chi connectivity index (χ3v) is 5.70. The smallest absolute Gasteiger partial charge is 0.300 e. The van der Waals surface area contributed by atoms with Crippen LogP contribution in [0.5, 0.6) is 0 Å². The van der Waals surface area contributed by atoms with E-state index in [2.05, 4.69) is 51.4 Å². The number of carboxylic acids is 2. The average molecular weight is 541 g/mol. The van der Waals surface area contributed by atoms with Crippen LogP contribution in [0, 0.1) is 0 Å². The number of hydrogen-bond donors (Lipinski definition) is 3. The largest absolute Gasteiger partial charge is 0.550 e.